The fraction of sp³-hybridized carbons (Fsp3) is 0. The molecule has 2 rings (SSSR count). The summed E-state index contributed by atoms with van der Waals surface area (Å²) >= 11 is 4.66. The topological polar surface area (TPSA) is 54.4 Å². The van der Waals surface area contributed by atoms with Crippen LogP contribution in [0.25, 0.3) is 0 Å². The average molecular weight is 310 g/mol. The van der Waals surface area contributed by atoms with Crippen LogP contribution in [-0.2, 0) is 0 Å². The van der Waals surface area contributed by atoms with Gasteiger partial charge in [0.05, 0.1) is 14.9 Å². The van der Waals surface area contributed by atoms with Crippen LogP contribution in [0.1, 0.15) is 15.2 Å². The molecule has 0 fully saturated rings. The van der Waals surface area contributed by atoms with E-state index in [-0.39, 0.29) is 5.91 Å². The molecule has 0 atom stereocenters. The number of nitrogens with zero attached hydrogens (tertiary/aromatic N) is 2. The fourth-order valence-corrected chi connectivity index (χ4v) is 2.38. The van der Waals surface area contributed by atoms with Gasteiger partial charge in [-0.25, -0.2) is 5.43 Å². The van der Waals surface area contributed by atoms with Crippen molar-refractivity contribution in [3.63, 3.8) is 0 Å². The molecule has 86 valence electrons. The van der Waals surface area contributed by atoms with Gasteiger partial charge in [0.2, 0.25) is 0 Å². The minimum absolute atomic E-state index is 0.217. The molecule has 0 aliphatic carbocycles. The number of pyridine rings is 1. The molecule has 0 spiro atoms. The van der Waals surface area contributed by atoms with E-state index in [2.05, 4.69) is 31.4 Å². The average Bonchev–Trinajstić information content (AvgIpc) is 2.77. The molecule has 0 bridgehead atoms. The van der Waals surface area contributed by atoms with Gasteiger partial charge >= 0.3 is 0 Å². The summed E-state index contributed by atoms with van der Waals surface area (Å²) in [5, 5.41) is 3.87. The zero-order valence-corrected chi connectivity index (χ0v) is 11.0. The Labute approximate surface area is 111 Å². The zero-order valence-electron chi connectivity index (χ0n) is 8.63. The Morgan fingerprint density at radius 3 is 2.76 bits per heavy atom. The number of hydrogen-bond acceptors (Lipinski definition) is 4. The lowest BCUT2D eigenvalue weighted by molar-refractivity contribution is 0.0959. The number of carbonyl (C=O) groups excluding carboxylic acids is 1. The second kappa shape index (κ2) is 5.70. The van der Waals surface area contributed by atoms with E-state index in [4.69, 9.17) is 0 Å². The molecular formula is C11H8BrN3OS. The third kappa shape index (κ3) is 3.47. The van der Waals surface area contributed by atoms with Gasteiger partial charge < -0.3 is 0 Å². The number of hydrogen-bond donors (Lipinski definition) is 1. The van der Waals surface area contributed by atoms with Crippen LogP contribution in [0.4, 0.5) is 0 Å². The van der Waals surface area contributed by atoms with Crippen molar-refractivity contribution in [2.75, 3.05) is 0 Å². The van der Waals surface area contributed by atoms with Gasteiger partial charge in [-0.05, 0) is 45.8 Å². The first-order valence-corrected chi connectivity index (χ1v) is 6.35. The first-order chi connectivity index (χ1) is 8.25. The maximum Gasteiger partial charge on any atom is 0.281 e. The predicted octanol–water partition coefficient (Wildman–Crippen LogP) is 2.67. The van der Waals surface area contributed by atoms with Crippen molar-refractivity contribution in [1.82, 2.24) is 10.4 Å². The maximum atomic E-state index is 11.6. The summed E-state index contributed by atoms with van der Waals surface area (Å²) in [7, 11) is 0. The molecule has 0 aliphatic rings. The Morgan fingerprint density at radius 2 is 2.12 bits per heavy atom. The summed E-state index contributed by atoms with van der Waals surface area (Å²) < 4.78 is 0.917. The van der Waals surface area contributed by atoms with Crippen molar-refractivity contribution < 1.29 is 4.79 Å². The highest BCUT2D eigenvalue weighted by Crippen LogP contribution is 2.21. The third-order valence-corrected chi connectivity index (χ3v) is 3.51. The van der Waals surface area contributed by atoms with Gasteiger partial charge in [0, 0.05) is 12.4 Å². The highest BCUT2D eigenvalue weighted by Gasteiger charge is 2.06. The Morgan fingerprint density at radius 1 is 1.35 bits per heavy atom. The highest BCUT2D eigenvalue weighted by molar-refractivity contribution is 9.11. The Hall–Kier alpha value is -1.53. The maximum absolute atomic E-state index is 11.6. The number of halogens is 1. The molecule has 4 nitrogen and oxygen atoms in total. The number of hydrazone groups is 1. The van der Waals surface area contributed by atoms with E-state index >= 15 is 0 Å². The summed E-state index contributed by atoms with van der Waals surface area (Å²) in [5.74, 6) is -0.217. The first-order valence-electron chi connectivity index (χ1n) is 4.74. The molecule has 1 amide bonds. The quantitative estimate of drug-likeness (QED) is 0.700. The SMILES string of the molecule is O=C(N/N=C\c1ccncc1)c1ccc(Br)s1. The van der Waals surface area contributed by atoms with Crippen molar-refractivity contribution in [2.24, 2.45) is 5.10 Å². The van der Waals surface area contributed by atoms with Gasteiger partial charge in [-0.15, -0.1) is 11.3 Å². The van der Waals surface area contributed by atoms with E-state index < -0.39 is 0 Å². The van der Waals surface area contributed by atoms with Crippen LogP contribution in [0, 0.1) is 0 Å². The van der Waals surface area contributed by atoms with Crippen LogP contribution in [0.5, 0.6) is 0 Å². The zero-order chi connectivity index (χ0) is 12.1. The van der Waals surface area contributed by atoms with E-state index in [0.29, 0.717) is 4.88 Å². The molecular weight excluding hydrogens is 302 g/mol. The fourth-order valence-electron chi connectivity index (χ4n) is 1.11. The summed E-state index contributed by atoms with van der Waals surface area (Å²) in [6, 6.07) is 7.17. The largest absolute Gasteiger partial charge is 0.281 e. The van der Waals surface area contributed by atoms with E-state index in [1.807, 2.05) is 6.07 Å². The Balaban J connectivity index is 1.95. The van der Waals surface area contributed by atoms with Crippen LogP contribution in [0.15, 0.2) is 45.5 Å². The molecule has 0 radical (unpaired) electrons. The summed E-state index contributed by atoms with van der Waals surface area (Å²) in [6.07, 6.45) is 4.90. The lowest BCUT2D eigenvalue weighted by Gasteiger charge is -1.95. The standard InChI is InChI=1S/C11H8BrN3OS/c12-10-2-1-9(17-10)11(16)15-14-7-8-3-5-13-6-4-8/h1-7H,(H,15,16)/b14-7-. The van der Waals surface area contributed by atoms with Gasteiger partial charge in [0.1, 0.15) is 0 Å². The Kier molecular flexibility index (Phi) is 4.00. The number of amides is 1. The van der Waals surface area contributed by atoms with Gasteiger partial charge in [0.15, 0.2) is 0 Å². The molecule has 17 heavy (non-hydrogen) atoms. The van der Waals surface area contributed by atoms with E-state index in [1.54, 1.807) is 36.8 Å². The van der Waals surface area contributed by atoms with Gasteiger partial charge in [-0.3, -0.25) is 9.78 Å². The van der Waals surface area contributed by atoms with Crippen molar-refractivity contribution in [3.8, 4) is 0 Å². The van der Waals surface area contributed by atoms with Crippen LogP contribution >= 0.6 is 27.3 Å². The lowest BCUT2D eigenvalue weighted by atomic mass is 10.3. The molecule has 0 saturated heterocycles. The summed E-state index contributed by atoms with van der Waals surface area (Å²) in [6.45, 7) is 0. The van der Waals surface area contributed by atoms with Crippen molar-refractivity contribution in [2.45, 2.75) is 0 Å². The minimum atomic E-state index is -0.217. The number of carbonyl (C=O) groups is 1. The monoisotopic (exact) mass is 309 g/mol. The van der Waals surface area contributed by atoms with Crippen molar-refractivity contribution in [3.05, 3.63) is 50.9 Å². The number of nitrogens with one attached hydrogen (secondary N) is 1. The van der Waals surface area contributed by atoms with E-state index in [9.17, 15) is 4.79 Å². The van der Waals surface area contributed by atoms with E-state index in [0.717, 1.165) is 9.35 Å². The Bertz CT molecular complexity index is 539. The van der Waals surface area contributed by atoms with E-state index in [1.165, 1.54) is 11.3 Å². The third-order valence-electron chi connectivity index (χ3n) is 1.88. The van der Waals surface area contributed by atoms with Crippen molar-refractivity contribution in [1.29, 1.82) is 0 Å². The van der Waals surface area contributed by atoms with Gasteiger partial charge in [-0.1, -0.05) is 0 Å². The molecule has 1 N–H and O–H groups in total. The smallest absolute Gasteiger partial charge is 0.266 e. The normalized spacial score (nSPS) is 10.6. The van der Waals surface area contributed by atoms with Gasteiger partial charge in [0.25, 0.3) is 5.91 Å². The van der Waals surface area contributed by atoms with Crippen LogP contribution in [0.2, 0.25) is 0 Å². The number of thiophene rings is 1. The predicted molar refractivity (Wildman–Crippen MR) is 71.3 cm³/mol. The molecule has 0 saturated carbocycles. The summed E-state index contributed by atoms with van der Waals surface area (Å²) in [5.41, 5.74) is 3.34. The first kappa shape index (κ1) is 11.9. The van der Waals surface area contributed by atoms with Crippen molar-refractivity contribution >= 4 is 39.4 Å². The molecule has 0 aromatic carbocycles. The summed E-state index contributed by atoms with van der Waals surface area (Å²) in [4.78, 5) is 16.1. The lowest BCUT2D eigenvalue weighted by Crippen LogP contribution is -2.16. The molecule has 2 aromatic rings. The van der Waals surface area contributed by atoms with Crippen LogP contribution < -0.4 is 5.43 Å². The molecule has 0 unspecified atom stereocenters. The molecule has 2 heterocycles. The molecule has 6 heteroatoms. The number of rotatable bonds is 3. The van der Waals surface area contributed by atoms with Crippen LogP contribution in [-0.4, -0.2) is 17.1 Å². The highest BCUT2D eigenvalue weighted by atomic mass is 79.9. The van der Waals surface area contributed by atoms with Gasteiger partial charge in [-0.2, -0.15) is 5.10 Å². The molecule has 2 aromatic heterocycles. The second-order valence-electron chi connectivity index (χ2n) is 3.08. The minimum Gasteiger partial charge on any atom is -0.266 e. The second-order valence-corrected chi connectivity index (χ2v) is 5.55. The van der Waals surface area contributed by atoms with Crippen LogP contribution in [0.3, 0.4) is 0 Å². The molecule has 0 aliphatic heterocycles. The number of aromatic nitrogens is 1.